The van der Waals surface area contributed by atoms with Crippen LogP contribution in [0.3, 0.4) is 0 Å². The second kappa shape index (κ2) is 7.61. The predicted octanol–water partition coefficient (Wildman–Crippen LogP) is 3.79. The SMILES string of the molecule is O=c1c2c(ncn2Cc2ccc(F)c(F)c2)n(-c2ccccc2)c(=O)n1C1CCCC1. The molecule has 0 bridgehead atoms. The molecule has 6 nitrogen and oxygen atoms in total. The summed E-state index contributed by atoms with van der Waals surface area (Å²) in [6, 6.07) is 12.5. The molecule has 8 heteroatoms. The van der Waals surface area contributed by atoms with E-state index in [1.165, 1.54) is 21.5 Å². The summed E-state index contributed by atoms with van der Waals surface area (Å²) in [6.07, 6.45) is 4.94. The van der Waals surface area contributed by atoms with Crippen LogP contribution in [0, 0.1) is 11.6 Å². The molecule has 2 aromatic carbocycles. The van der Waals surface area contributed by atoms with Crippen LogP contribution >= 0.6 is 0 Å². The van der Waals surface area contributed by atoms with Crippen molar-refractivity contribution in [3.05, 3.63) is 92.9 Å². The quantitative estimate of drug-likeness (QED) is 0.503. The number of hydrogen-bond donors (Lipinski definition) is 0. The average Bonchev–Trinajstić information content (AvgIpc) is 3.43. The number of halogens is 2. The third kappa shape index (κ3) is 3.28. The Kier molecular flexibility index (Phi) is 4.77. The number of nitrogens with zero attached hydrogens (tertiary/aromatic N) is 4. The molecule has 0 atom stereocenters. The molecule has 0 unspecified atom stereocenters. The lowest BCUT2D eigenvalue weighted by atomic mass is 10.2. The van der Waals surface area contributed by atoms with E-state index in [9.17, 15) is 18.4 Å². The third-order valence-electron chi connectivity index (χ3n) is 5.89. The summed E-state index contributed by atoms with van der Waals surface area (Å²) in [5, 5.41) is 0. The molecular weight excluding hydrogens is 402 g/mol. The normalized spacial score (nSPS) is 14.5. The van der Waals surface area contributed by atoms with E-state index in [-0.39, 0.29) is 23.8 Å². The topological polar surface area (TPSA) is 61.8 Å². The molecule has 4 aromatic rings. The monoisotopic (exact) mass is 422 g/mol. The largest absolute Gasteiger partial charge is 0.337 e. The fourth-order valence-corrected chi connectivity index (χ4v) is 4.40. The minimum absolute atomic E-state index is 0.126. The van der Waals surface area contributed by atoms with Crippen LogP contribution in [0.15, 0.2) is 64.4 Å². The molecule has 0 saturated heterocycles. The van der Waals surface area contributed by atoms with Crippen molar-refractivity contribution in [2.75, 3.05) is 0 Å². The van der Waals surface area contributed by atoms with E-state index in [1.54, 1.807) is 16.7 Å². The second-order valence-electron chi connectivity index (χ2n) is 7.86. The van der Waals surface area contributed by atoms with Gasteiger partial charge >= 0.3 is 5.69 Å². The summed E-state index contributed by atoms with van der Waals surface area (Å²) in [5.41, 5.74) is 0.802. The van der Waals surface area contributed by atoms with E-state index in [4.69, 9.17) is 0 Å². The van der Waals surface area contributed by atoms with E-state index in [0.717, 1.165) is 37.8 Å². The van der Waals surface area contributed by atoms with E-state index < -0.39 is 22.9 Å². The molecule has 5 rings (SSSR count). The second-order valence-corrected chi connectivity index (χ2v) is 7.86. The highest BCUT2D eigenvalue weighted by Crippen LogP contribution is 2.28. The van der Waals surface area contributed by atoms with Crippen LogP contribution in [0.1, 0.15) is 37.3 Å². The fraction of sp³-hybridized carbons (Fsp3) is 0.261. The number of fused-ring (bicyclic) bond motifs is 1. The van der Waals surface area contributed by atoms with Gasteiger partial charge in [0.15, 0.2) is 22.8 Å². The van der Waals surface area contributed by atoms with Gasteiger partial charge in [0.05, 0.1) is 12.0 Å². The lowest BCUT2D eigenvalue weighted by Gasteiger charge is -2.17. The van der Waals surface area contributed by atoms with Gasteiger partial charge in [0.25, 0.3) is 5.56 Å². The first-order valence-electron chi connectivity index (χ1n) is 10.3. The molecule has 1 saturated carbocycles. The minimum atomic E-state index is -0.952. The van der Waals surface area contributed by atoms with Crippen molar-refractivity contribution in [1.82, 2.24) is 18.7 Å². The van der Waals surface area contributed by atoms with Gasteiger partial charge in [0, 0.05) is 12.6 Å². The van der Waals surface area contributed by atoms with Crippen LogP contribution in [0.5, 0.6) is 0 Å². The van der Waals surface area contributed by atoms with Gasteiger partial charge in [-0.2, -0.15) is 0 Å². The van der Waals surface area contributed by atoms with Crippen molar-refractivity contribution >= 4 is 11.2 Å². The number of aromatic nitrogens is 4. The zero-order valence-corrected chi connectivity index (χ0v) is 16.7. The maximum absolute atomic E-state index is 13.7. The standard InChI is InChI=1S/C23H20F2N4O2/c24-18-11-10-15(12-19(18)25)13-27-14-26-21-20(27)22(30)29(17-8-4-5-9-17)23(31)28(21)16-6-2-1-3-7-16/h1-3,6-7,10-12,14,17H,4-5,8-9,13H2. The third-order valence-corrected chi connectivity index (χ3v) is 5.89. The molecule has 0 aliphatic heterocycles. The summed E-state index contributed by atoms with van der Waals surface area (Å²) in [6.45, 7) is 0.126. The Morgan fingerprint density at radius 2 is 1.71 bits per heavy atom. The average molecular weight is 422 g/mol. The van der Waals surface area contributed by atoms with Gasteiger partial charge in [-0.25, -0.2) is 23.1 Å². The molecule has 1 aliphatic rings. The number of benzene rings is 2. The van der Waals surface area contributed by atoms with Crippen LogP contribution in [0.25, 0.3) is 16.9 Å². The van der Waals surface area contributed by atoms with Crippen molar-refractivity contribution in [2.24, 2.45) is 0 Å². The lowest BCUT2D eigenvalue weighted by Crippen LogP contribution is -2.41. The smallest absolute Gasteiger partial charge is 0.320 e. The molecule has 0 N–H and O–H groups in total. The van der Waals surface area contributed by atoms with Crippen LogP contribution < -0.4 is 11.2 Å². The zero-order chi connectivity index (χ0) is 21.5. The molecule has 2 aromatic heterocycles. The Balaban J connectivity index is 1.76. The van der Waals surface area contributed by atoms with Gasteiger partial charge < -0.3 is 4.57 Å². The molecule has 0 spiro atoms. The molecular formula is C23H20F2N4O2. The van der Waals surface area contributed by atoms with Crippen molar-refractivity contribution in [3.8, 4) is 5.69 Å². The number of imidazole rings is 1. The highest BCUT2D eigenvalue weighted by molar-refractivity contribution is 5.72. The Hall–Kier alpha value is -3.55. The minimum Gasteiger partial charge on any atom is -0.320 e. The van der Waals surface area contributed by atoms with Crippen LogP contribution in [0.2, 0.25) is 0 Å². The molecule has 2 heterocycles. The highest BCUT2D eigenvalue weighted by Gasteiger charge is 2.26. The molecule has 158 valence electrons. The number of rotatable bonds is 4. The van der Waals surface area contributed by atoms with Gasteiger partial charge in [0.1, 0.15) is 0 Å². The Morgan fingerprint density at radius 3 is 2.42 bits per heavy atom. The van der Waals surface area contributed by atoms with Crippen molar-refractivity contribution in [2.45, 2.75) is 38.3 Å². The highest BCUT2D eigenvalue weighted by atomic mass is 19.2. The number of hydrogen-bond acceptors (Lipinski definition) is 3. The van der Waals surface area contributed by atoms with Crippen molar-refractivity contribution in [1.29, 1.82) is 0 Å². The van der Waals surface area contributed by atoms with Crippen LogP contribution in [-0.2, 0) is 6.54 Å². The summed E-state index contributed by atoms with van der Waals surface area (Å²) in [4.78, 5) is 31.3. The molecule has 31 heavy (non-hydrogen) atoms. The first-order chi connectivity index (χ1) is 15.0. The summed E-state index contributed by atoms with van der Waals surface area (Å²) < 4.78 is 31.4. The van der Waals surface area contributed by atoms with Crippen molar-refractivity contribution < 1.29 is 8.78 Å². The van der Waals surface area contributed by atoms with E-state index in [1.807, 2.05) is 18.2 Å². The van der Waals surface area contributed by atoms with Gasteiger partial charge in [-0.1, -0.05) is 37.1 Å². The summed E-state index contributed by atoms with van der Waals surface area (Å²) in [5.74, 6) is -1.88. The Bertz CT molecular complexity index is 1380. The van der Waals surface area contributed by atoms with Crippen LogP contribution in [-0.4, -0.2) is 18.7 Å². The lowest BCUT2D eigenvalue weighted by molar-refractivity contribution is 0.474. The Morgan fingerprint density at radius 1 is 0.968 bits per heavy atom. The Labute approximate surface area is 176 Å². The first-order valence-corrected chi connectivity index (χ1v) is 10.3. The fourth-order valence-electron chi connectivity index (χ4n) is 4.40. The number of para-hydroxylation sites is 1. The maximum Gasteiger partial charge on any atom is 0.337 e. The van der Waals surface area contributed by atoms with E-state index in [2.05, 4.69) is 4.98 Å². The van der Waals surface area contributed by atoms with Crippen molar-refractivity contribution in [3.63, 3.8) is 0 Å². The zero-order valence-electron chi connectivity index (χ0n) is 16.7. The van der Waals surface area contributed by atoms with Gasteiger partial charge in [0.2, 0.25) is 0 Å². The van der Waals surface area contributed by atoms with E-state index >= 15 is 0 Å². The predicted molar refractivity (Wildman–Crippen MR) is 113 cm³/mol. The maximum atomic E-state index is 13.7. The van der Waals surface area contributed by atoms with Gasteiger partial charge in [-0.05, 0) is 42.7 Å². The first kappa shape index (κ1) is 19.4. The summed E-state index contributed by atoms with van der Waals surface area (Å²) in [7, 11) is 0. The van der Waals surface area contributed by atoms with E-state index in [0.29, 0.717) is 11.3 Å². The summed E-state index contributed by atoms with van der Waals surface area (Å²) >= 11 is 0. The van der Waals surface area contributed by atoms with Gasteiger partial charge in [-0.15, -0.1) is 0 Å². The van der Waals surface area contributed by atoms with Gasteiger partial charge in [-0.3, -0.25) is 9.36 Å². The van der Waals surface area contributed by atoms with Crippen LogP contribution in [0.4, 0.5) is 8.78 Å². The molecule has 0 radical (unpaired) electrons. The molecule has 1 fully saturated rings. The molecule has 1 aliphatic carbocycles. The molecule has 0 amide bonds.